The molecule has 4 bridgehead atoms. The molecule has 16 nitrogen and oxygen atoms in total. The first kappa shape index (κ1) is 47.3. The van der Waals surface area contributed by atoms with Crippen LogP contribution >= 0.6 is 0 Å². The highest BCUT2D eigenvalue weighted by atomic mass is 16.6. The number of benzene rings is 3. The first-order chi connectivity index (χ1) is 31.8. The first-order valence-electron chi connectivity index (χ1n) is 22.4. The number of para-hydroxylation sites is 1. The number of amides is 1. The molecule has 354 valence electrons. The minimum Gasteiger partial charge on any atom is -0.489 e. The van der Waals surface area contributed by atoms with Crippen LogP contribution in [0.4, 0.5) is 0 Å². The van der Waals surface area contributed by atoms with Gasteiger partial charge in [0.15, 0.2) is 23.6 Å². The third-order valence-electron chi connectivity index (χ3n) is 14.6. The molecule has 67 heavy (non-hydrogen) atoms. The van der Waals surface area contributed by atoms with E-state index in [0.29, 0.717) is 0 Å². The van der Waals surface area contributed by atoms with Gasteiger partial charge in [-0.2, -0.15) is 0 Å². The number of fused-ring (bicyclic) bond motifs is 3. The van der Waals surface area contributed by atoms with Crippen molar-refractivity contribution in [2.75, 3.05) is 13.2 Å². The third-order valence-corrected chi connectivity index (χ3v) is 14.6. The van der Waals surface area contributed by atoms with E-state index in [9.17, 15) is 39.3 Å². The molecular formula is C51H55NO15. The van der Waals surface area contributed by atoms with E-state index >= 15 is 4.79 Å². The number of allylic oxidation sites excluding steroid dienone is 1. The van der Waals surface area contributed by atoms with Crippen molar-refractivity contribution in [1.29, 1.82) is 0 Å². The molecule has 5 aliphatic rings. The predicted molar refractivity (Wildman–Crippen MR) is 236 cm³/mol. The molecule has 3 aromatic rings. The lowest BCUT2D eigenvalue weighted by atomic mass is 9.44. The van der Waals surface area contributed by atoms with Crippen molar-refractivity contribution in [2.45, 2.75) is 114 Å². The second kappa shape index (κ2) is 18.1. The Balaban J connectivity index is 1.34. The molecule has 2 heterocycles. The van der Waals surface area contributed by atoms with Gasteiger partial charge in [-0.05, 0) is 61.7 Å². The number of rotatable bonds is 5. The SMILES string of the molecule is CC(=O)O[C@H]1C(=O)[C@@]2(C)[C@@H]3[C@H](OC(=O)c4ccccc4)[C@]4(O)C[C@H](OC(=O)[C@H](O)[C@@H](NC(=O)c5ccccc5)c5ccccc5OC/C=C\CCC(=O)O[C@]35CO[C@@H]5C[C@@H]2O)C(C)=C1C4(C)C. The van der Waals surface area contributed by atoms with Crippen LogP contribution in [0.3, 0.4) is 0 Å². The summed E-state index contributed by atoms with van der Waals surface area (Å²) in [5.74, 6) is -6.70. The number of hydrogen-bond acceptors (Lipinski definition) is 15. The van der Waals surface area contributed by atoms with E-state index in [2.05, 4.69) is 5.32 Å². The van der Waals surface area contributed by atoms with Crippen LogP contribution in [0.1, 0.15) is 92.6 Å². The van der Waals surface area contributed by atoms with Crippen LogP contribution in [0.5, 0.6) is 5.75 Å². The quantitative estimate of drug-likeness (QED) is 0.158. The standard InChI is InChI=1S/C51H55NO15/c1-28-34-26-51(61)44(66-46(59)31-19-11-7-12-20-31)42-49(5,43(57)41(64-29(2)53)38(28)48(51,3)4)35(54)25-36-50(42,27-63-36)67-37(55)23-13-8-16-24-62-33-22-15-14-21-32(33)39(40(56)47(60)65-34)52-45(58)30-17-9-6-10-18-30/h6-12,14-22,34-36,39-42,44,54,56,61H,13,23-27H2,1-5H3,(H,52,58)/b16-8-/t34-,35-,36+,39-,40+,41+,42-,44-,49+,50-,51+/m0/s1. The topological polar surface area (TPSA) is 231 Å². The molecule has 0 unspecified atom stereocenters. The molecule has 8 rings (SSSR count). The molecule has 16 heteroatoms. The van der Waals surface area contributed by atoms with Gasteiger partial charge in [0, 0.05) is 42.7 Å². The maximum atomic E-state index is 15.7. The highest BCUT2D eigenvalue weighted by Gasteiger charge is 2.78. The zero-order chi connectivity index (χ0) is 48.1. The van der Waals surface area contributed by atoms with Crippen LogP contribution in [0.2, 0.25) is 0 Å². The molecule has 0 aromatic heterocycles. The molecule has 4 N–H and O–H groups in total. The van der Waals surface area contributed by atoms with Crippen molar-refractivity contribution in [1.82, 2.24) is 5.32 Å². The van der Waals surface area contributed by atoms with E-state index in [1.807, 2.05) is 0 Å². The Labute approximate surface area is 387 Å². The molecule has 1 spiro atoms. The molecule has 1 amide bonds. The number of aliphatic hydroxyl groups is 3. The number of ether oxygens (including phenoxy) is 6. The summed E-state index contributed by atoms with van der Waals surface area (Å²) < 4.78 is 37.1. The monoisotopic (exact) mass is 921 g/mol. The smallest absolute Gasteiger partial charge is 0.338 e. The second-order valence-electron chi connectivity index (χ2n) is 18.7. The van der Waals surface area contributed by atoms with E-state index in [4.69, 9.17) is 28.4 Å². The number of carbonyl (C=O) groups is 6. The van der Waals surface area contributed by atoms with Crippen molar-refractivity contribution < 1.29 is 72.5 Å². The largest absolute Gasteiger partial charge is 0.489 e. The Morgan fingerprint density at radius 1 is 0.851 bits per heavy atom. The summed E-state index contributed by atoms with van der Waals surface area (Å²) in [6.45, 7) is 6.82. The van der Waals surface area contributed by atoms with Crippen molar-refractivity contribution >= 4 is 35.6 Å². The predicted octanol–water partition coefficient (Wildman–Crippen LogP) is 4.44. The summed E-state index contributed by atoms with van der Waals surface area (Å²) in [6, 6.07) is 21.0. The minimum absolute atomic E-state index is 0.0130. The zero-order valence-electron chi connectivity index (χ0n) is 37.8. The molecule has 3 aromatic carbocycles. The highest BCUT2D eigenvalue weighted by molar-refractivity contribution is 5.96. The Morgan fingerprint density at radius 3 is 2.16 bits per heavy atom. The Morgan fingerprint density at radius 2 is 1.51 bits per heavy atom. The number of nitrogens with one attached hydrogen (secondary N) is 1. The van der Waals surface area contributed by atoms with Gasteiger partial charge in [0.2, 0.25) is 0 Å². The maximum Gasteiger partial charge on any atom is 0.338 e. The van der Waals surface area contributed by atoms with Crippen LogP contribution < -0.4 is 10.1 Å². The fourth-order valence-electron chi connectivity index (χ4n) is 10.9. The molecular weight excluding hydrogens is 867 g/mol. The van der Waals surface area contributed by atoms with Crippen molar-refractivity contribution in [3.63, 3.8) is 0 Å². The lowest BCUT2D eigenvalue weighted by Crippen LogP contribution is -2.82. The zero-order valence-corrected chi connectivity index (χ0v) is 37.8. The number of carbonyl (C=O) groups excluding carboxylic acids is 6. The van der Waals surface area contributed by atoms with Crippen LogP contribution in [0.15, 0.2) is 108 Å². The minimum atomic E-state index is -2.42. The number of esters is 4. The summed E-state index contributed by atoms with van der Waals surface area (Å²) >= 11 is 0. The van der Waals surface area contributed by atoms with E-state index in [0.717, 1.165) is 6.92 Å². The van der Waals surface area contributed by atoms with Gasteiger partial charge in [0.25, 0.3) is 5.91 Å². The van der Waals surface area contributed by atoms with Gasteiger partial charge in [-0.1, -0.05) is 80.6 Å². The van der Waals surface area contributed by atoms with Gasteiger partial charge >= 0.3 is 23.9 Å². The normalized spacial score (nSPS) is 34.2. The highest BCUT2D eigenvalue weighted by Crippen LogP contribution is 2.64. The van der Waals surface area contributed by atoms with Crippen LogP contribution in [0, 0.1) is 16.7 Å². The summed E-state index contributed by atoms with van der Waals surface area (Å²) in [4.78, 5) is 85.8. The molecule has 0 radical (unpaired) electrons. The summed E-state index contributed by atoms with van der Waals surface area (Å²) in [7, 11) is 0. The fourth-order valence-corrected chi connectivity index (χ4v) is 10.9. The van der Waals surface area contributed by atoms with Gasteiger partial charge in [0.05, 0.1) is 35.6 Å². The average Bonchev–Trinajstić information content (AvgIpc) is 3.30. The molecule has 11 atom stereocenters. The average molecular weight is 922 g/mol. The van der Waals surface area contributed by atoms with Gasteiger partial charge in [-0.3, -0.25) is 19.2 Å². The lowest BCUT2D eigenvalue weighted by molar-refractivity contribution is -0.346. The van der Waals surface area contributed by atoms with Crippen LogP contribution in [-0.4, -0.2) is 112 Å². The van der Waals surface area contributed by atoms with Crippen LogP contribution in [-0.2, 0) is 42.9 Å². The van der Waals surface area contributed by atoms with Crippen molar-refractivity contribution in [3.05, 3.63) is 125 Å². The van der Waals surface area contributed by atoms with Crippen molar-refractivity contribution in [2.24, 2.45) is 16.7 Å². The fraction of sp³-hybridized carbons (Fsp3) is 0.451. The Bertz CT molecular complexity index is 2500. The van der Waals surface area contributed by atoms with E-state index in [1.54, 1.807) is 98.8 Å². The first-order valence-corrected chi connectivity index (χ1v) is 22.4. The van der Waals surface area contributed by atoms with Gasteiger partial charge < -0.3 is 49.1 Å². The van der Waals surface area contributed by atoms with E-state index in [-0.39, 0.29) is 66.1 Å². The number of hydrogen-bond donors (Lipinski definition) is 4. The summed E-state index contributed by atoms with van der Waals surface area (Å²) in [5, 5.41) is 41.0. The maximum absolute atomic E-state index is 15.7. The molecule has 2 aliphatic heterocycles. The number of ketones is 1. The second-order valence-corrected chi connectivity index (χ2v) is 18.7. The van der Waals surface area contributed by atoms with Gasteiger partial charge in [0.1, 0.15) is 36.3 Å². The summed E-state index contributed by atoms with van der Waals surface area (Å²) in [6.07, 6.45) is -7.47. The lowest BCUT2D eigenvalue weighted by Gasteiger charge is -2.67. The molecule has 3 fully saturated rings. The van der Waals surface area contributed by atoms with Gasteiger partial charge in [-0.15, -0.1) is 0 Å². The third kappa shape index (κ3) is 8.13. The Kier molecular flexibility index (Phi) is 12.8. The molecule has 2 saturated carbocycles. The number of aliphatic hydroxyl groups excluding tert-OH is 2. The van der Waals surface area contributed by atoms with Crippen LogP contribution in [0.25, 0.3) is 0 Å². The molecule has 3 aliphatic carbocycles. The summed E-state index contributed by atoms with van der Waals surface area (Å²) in [5.41, 5.74) is -7.38. The van der Waals surface area contributed by atoms with Crippen molar-refractivity contribution in [3.8, 4) is 5.75 Å². The van der Waals surface area contributed by atoms with E-state index < -0.39 is 113 Å². The number of Topliss-reactive ketones (excluding diaryl/α,β-unsaturated/α-hetero) is 1. The Hall–Kier alpha value is -6.20. The molecule has 1 saturated heterocycles. The van der Waals surface area contributed by atoms with Gasteiger partial charge in [-0.25, -0.2) is 9.59 Å². The van der Waals surface area contributed by atoms with E-state index in [1.165, 1.54) is 26.0 Å².